The van der Waals surface area contributed by atoms with Gasteiger partial charge in [0.25, 0.3) is 0 Å². The van der Waals surface area contributed by atoms with Crippen LogP contribution in [0.15, 0.2) is 78.0 Å². The largest absolute Gasteiger partial charge is 0.486 e. The number of rotatable bonds is 9. The van der Waals surface area contributed by atoms with Gasteiger partial charge in [-0.25, -0.2) is 0 Å². The summed E-state index contributed by atoms with van der Waals surface area (Å²) in [5.74, 6) is 2.61. The number of ether oxygens (including phenoxy) is 2. The number of nitrogens with zero attached hydrogens (tertiary/aromatic N) is 3. The minimum atomic E-state index is -0.174. The van der Waals surface area contributed by atoms with Crippen LogP contribution in [-0.4, -0.2) is 26.4 Å². The Balaban J connectivity index is 1.32. The lowest BCUT2D eigenvalue weighted by Crippen LogP contribution is -2.15. The molecule has 0 fully saturated rings. The van der Waals surface area contributed by atoms with Gasteiger partial charge in [0, 0.05) is 12.1 Å². The molecule has 1 N–H and O–H groups in total. The van der Waals surface area contributed by atoms with Gasteiger partial charge in [0.1, 0.15) is 18.1 Å². The number of halogens is 1. The second-order valence-corrected chi connectivity index (χ2v) is 8.83. The topological polar surface area (TPSA) is 78.3 Å². The van der Waals surface area contributed by atoms with E-state index in [1.807, 2.05) is 61.0 Å². The summed E-state index contributed by atoms with van der Waals surface area (Å²) in [6.07, 6.45) is 0. The van der Waals surface area contributed by atoms with Crippen LogP contribution in [0.2, 0.25) is 5.02 Å². The second-order valence-electron chi connectivity index (χ2n) is 7.45. The van der Waals surface area contributed by atoms with Crippen molar-refractivity contribution in [2.45, 2.75) is 18.7 Å². The van der Waals surface area contributed by atoms with E-state index in [0.29, 0.717) is 38.9 Å². The highest BCUT2D eigenvalue weighted by atomic mass is 35.5. The molecule has 0 aliphatic carbocycles. The van der Waals surface area contributed by atoms with Gasteiger partial charge in [0.15, 0.2) is 16.7 Å². The molecule has 4 aromatic rings. The number of anilines is 1. The van der Waals surface area contributed by atoms with Crippen LogP contribution in [0, 0.1) is 6.92 Å². The van der Waals surface area contributed by atoms with Crippen LogP contribution in [0.3, 0.4) is 0 Å². The van der Waals surface area contributed by atoms with Crippen molar-refractivity contribution in [3.63, 3.8) is 0 Å². The standard InChI is InChI=1S/C25H23ClN4O3S/c1-17-7-11-20(12-8-17)33-22-6-4-3-5-21(22)27-24(31)16-34-25-29-28-23(30(25)2)15-32-19-13-9-18(26)10-14-19/h3-14H,15-16H2,1-2H3,(H,27,31). The van der Waals surface area contributed by atoms with Crippen molar-refractivity contribution in [1.29, 1.82) is 0 Å². The lowest BCUT2D eigenvalue weighted by Gasteiger charge is -2.12. The Bertz CT molecular complexity index is 1260. The summed E-state index contributed by atoms with van der Waals surface area (Å²) in [6, 6.07) is 22.2. The summed E-state index contributed by atoms with van der Waals surface area (Å²) in [4.78, 5) is 12.6. The SMILES string of the molecule is Cc1ccc(Oc2ccccc2NC(=O)CSc2nnc(COc3ccc(Cl)cc3)n2C)cc1. The number of carbonyl (C=O) groups excluding carboxylic acids is 1. The molecule has 0 radical (unpaired) electrons. The van der Waals surface area contributed by atoms with Crippen LogP contribution in [0.1, 0.15) is 11.4 Å². The van der Waals surface area contributed by atoms with Gasteiger partial charge in [-0.3, -0.25) is 4.79 Å². The van der Waals surface area contributed by atoms with E-state index in [1.54, 1.807) is 30.3 Å². The van der Waals surface area contributed by atoms with Crippen LogP contribution in [0.4, 0.5) is 5.69 Å². The van der Waals surface area contributed by atoms with E-state index in [1.165, 1.54) is 11.8 Å². The summed E-state index contributed by atoms with van der Waals surface area (Å²) < 4.78 is 13.5. The first-order valence-corrected chi connectivity index (χ1v) is 11.9. The highest BCUT2D eigenvalue weighted by Gasteiger charge is 2.14. The first-order valence-electron chi connectivity index (χ1n) is 10.5. The minimum absolute atomic E-state index is 0.170. The zero-order valence-corrected chi connectivity index (χ0v) is 20.3. The van der Waals surface area contributed by atoms with Gasteiger partial charge < -0.3 is 19.4 Å². The molecule has 0 atom stereocenters. The number of benzene rings is 3. The third kappa shape index (κ3) is 6.30. The van der Waals surface area contributed by atoms with Crippen molar-refractivity contribution >= 4 is 35.0 Å². The van der Waals surface area contributed by atoms with Gasteiger partial charge in [-0.15, -0.1) is 10.2 Å². The maximum atomic E-state index is 12.6. The third-order valence-electron chi connectivity index (χ3n) is 4.85. The molecule has 1 amide bonds. The monoisotopic (exact) mass is 494 g/mol. The van der Waals surface area contributed by atoms with Crippen LogP contribution in [0.5, 0.6) is 17.2 Å². The Morgan fingerprint density at radius 1 is 1.00 bits per heavy atom. The molecule has 1 aromatic heterocycles. The summed E-state index contributed by atoms with van der Waals surface area (Å²) >= 11 is 7.19. The molecular formula is C25H23ClN4O3S. The third-order valence-corrected chi connectivity index (χ3v) is 6.12. The molecule has 1 heterocycles. The van der Waals surface area contributed by atoms with Gasteiger partial charge in [0.2, 0.25) is 5.91 Å². The first kappa shape index (κ1) is 23.7. The predicted molar refractivity (Wildman–Crippen MR) is 134 cm³/mol. The number of aromatic nitrogens is 3. The number of amides is 1. The number of carbonyl (C=O) groups is 1. The average molecular weight is 495 g/mol. The normalized spacial score (nSPS) is 10.7. The van der Waals surface area contributed by atoms with E-state index in [0.717, 1.165) is 5.56 Å². The van der Waals surface area contributed by atoms with Gasteiger partial charge in [0.05, 0.1) is 11.4 Å². The summed E-state index contributed by atoms with van der Waals surface area (Å²) in [6.45, 7) is 2.27. The van der Waals surface area contributed by atoms with Crippen LogP contribution in [0.25, 0.3) is 0 Å². The molecule has 9 heteroatoms. The van der Waals surface area contributed by atoms with Gasteiger partial charge in [-0.2, -0.15) is 0 Å². The van der Waals surface area contributed by atoms with Crippen molar-refractivity contribution in [3.05, 3.63) is 89.2 Å². The summed E-state index contributed by atoms with van der Waals surface area (Å²) in [5.41, 5.74) is 1.75. The van der Waals surface area contributed by atoms with E-state index in [2.05, 4.69) is 15.5 Å². The lowest BCUT2D eigenvalue weighted by atomic mass is 10.2. The van der Waals surface area contributed by atoms with Crippen molar-refractivity contribution in [2.24, 2.45) is 7.05 Å². The fourth-order valence-electron chi connectivity index (χ4n) is 2.98. The molecule has 0 saturated heterocycles. The Morgan fingerprint density at radius 2 is 1.71 bits per heavy atom. The van der Waals surface area contributed by atoms with Crippen molar-refractivity contribution in [2.75, 3.05) is 11.1 Å². The number of nitrogens with one attached hydrogen (secondary N) is 1. The van der Waals surface area contributed by atoms with E-state index in [-0.39, 0.29) is 18.3 Å². The molecule has 0 bridgehead atoms. The molecule has 0 unspecified atom stereocenters. The Labute approximate surface area is 207 Å². The molecule has 174 valence electrons. The van der Waals surface area contributed by atoms with Gasteiger partial charge in [-0.05, 0) is 55.5 Å². The zero-order chi connectivity index (χ0) is 23.9. The smallest absolute Gasteiger partial charge is 0.234 e. The first-order chi connectivity index (χ1) is 16.5. The van der Waals surface area contributed by atoms with Crippen LogP contribution >= 0.6 is 23.4 Å². The molecule has 0 saturated carbocycles. The molecule has 0 spiro atoms. The summed E-state index contributed by atoms with van der Waals surface area (Å²) in [5, 5.41) is 12.5. The fourth-order valence-corrected chi connectivity index (χ4v) is 3.84. The van der Waals surface area contributed by atoms with Crippen molar-refractivity contribution < 1.29 is 14.3 Å². The summed E-state index contributed by atoms with van der Waals surface area (Å²) in [7, 11) is 1.84. The Hall–Kier alpha value is -3.49. The maximum absolute atomic E-state index is 12.6. The van der Waals surface area contributed by atoms with Crippen molar-refractivity contribution in [3.8, 4) is 17.2 Å². The molecule has 34 heavy (non-hydrogen) atoms. The number of thioether (sulfide) groups is 1. The maximum Gasteiger partial charge on any atom is 0.234 e. The van der Waals surface area contributed by atoms with E-state index in [9.17, 15) is 4.79 Å². The number of hydrogen-bond acceptors (Lipinski definition) is 6. The van der Waals surface area contributed by atoms with Gasteiger partial charge in [-0.1, -0.05) is 53.2 Å². The Morgan fingerprint density at radius 3 is 2.47 bits per heavy atom. The van der Waals surface area contributed by atoms with E-state index >= 15 is 0 Å². The van der Waals surface area contributed by atoms with Gasteiger partial charge >= 0.3 is 0 Å². The molecule has 0 aliphatic rings. The van der Waals surface area contributed by atoms with Crippen LogP contribution < -0.4 is 14.8 Å². The molecular weight excluding hydrogens is 472 g/mol. The average Bonchev–Trinajstić information content (AvgIpc) is 3.19. The quantitative estimate of drug-likeness (QED) is 0.293. The molecule has 3 aromatic carbocycles. The van der Waals surface area contributed by atoms with E-state index < -0.39 is 0 Å². The molecule has 0 aliphatic heterocycles. The number of hydrogen-bond donors (Lipinski definition) is 1. The molecule has 4 rings (SSSR count). The fraction of sp³-hybridized carbons (Fsp3) is 0.160. The molecule has 7 nitrogen and oxygen atoms in total. The zero-order valence-electron chi connectivity index (χ0n) is 18.7. The highest BCUT2D eigenvalue weighted by Crippen LogP contribution is 2.30. The number of para-hydroxylation sites is 2. The Kier molecular flexibility index (Phi) is 7.72. The van der Waals surface area contributed by atoms with Crippen LogP contribution in [-0.2, 0) is 18.4 Å². The lowest BCUT2D eigenvalue weighted by molar-refractivity contribution is -0.113. The van der Waals surface area contributed by atoms with E-state index in [4.69, 9.17) is 21.1 Å². The number of aryl methyl sites for hydroxylation is 1. The minimum Gasteiger partial charge on any atom is -0.486 e. The highest BCUT2D eigenvalue weighted by molar-refractivity contribution is 7.99. The second kappa shape index (κ2) is 11.1. The van der Waals surface area contributed by atoms with Crippen molar-refractivity contribution in [1.82, 2.24) is 14.8 Å². The predicted octanol–water partition coefficient (Wildman–Crippen LogP) is 5.88.